The van der Waals surface area contributed by atoms with Gasteiger partial charge in [0, 0.05) is 9.77 Å². The molecule has 0 saturated carbocycles. The monoisotopic (exact) mass is 359 g/mol. The summed E-state index contributed by atoms with van der Waals surface area (Å²) in [6, 6.07) is 17.4. The highest BCUT2D eigenvalue weighted by Crippen LogP contribution is 2.62. The molecular formula is C21H26ClNS. The number of rotatable bonds is 5. The van der Waals surface area contributed by atoms with E-state index < -0.39 is 0 Å². The Morgan fingerprint density at radius 2 is 1.71 bits per heavy atom. The minimum Gasteiger partial charge on any atom is -0.309 e. The summed E-state index contributed by atoms with van der Waals surface area (Å²) in [5, 5.41) is 0.822. The van der Waals surface area contributed by atoms with Crippen LogP contribution in [0.5, 0.6) is 0 Å². The molecular weight excluding hydrogens is 334 g/mol. The molecule has 0 fully saturated rings. The zero-order valence-corrected chi connectivity index (χ0v) is 16.5. The van der Waals surface area contributed by atoms with Gasteiger partial charge in [-0.3, -0.25) is 0 Å². The van der Waals surface area contributed by atoms with Crippen molar-refractivity contribution in [1.29, 1.82) is 0 Å². The summed E-state index contributed by atoms with van der Waals surface area (Å²) in [6.07, 6.45) is 2.29. The second-order valence-corrected chi connectivity index (χ2v) is 9.76. The van der Waals surface area contributed by atoms with Gasteiger partial charge in [-0.25, -0.2) is 0 Å². The fraction of sp³-hybridized carbons (Fsp3) is 0.429. The Kier molecular flexibility index (Phi) is 5.01. The van der Waals surface area contributed by atoms with Crippen molar-refractivity contribution >= 4 is 23.4 Å². The number of halogens is 1. The van der Waals surface area contributed by atoms with Gasteiger partial charge in [-0.15, -0.1) is 11.8 Å². The Morgan fingerprint density at radius 3 is 2.38 bits per heavy atom. The van der Waals surface area contributed by atoms with E-state index in [1.807, 2.05) is 6.07 Å². The van der Waals surface area contributed by atoms with Gasteiger partial charge < -0.3 is 4.90 Å². The molecule has 1 atom stereocenters. The SMILES string of the molecule is CN(C)CCC[C@]1(c2cccc(Cl)c2)SC(C)(C)c2ccccc21. The zero-order chi connectivity index (χ0) is 17.4. The molecule has 1 aliphatic heterocycles. The van der Waals surface area contributed by atoms with E-state index in [0.717, 1.165) is 24.4 Å². The fourth-order valence-electron chi connectivity index (χ4n) is 3.83. The molecule has 0 unspecified atom stereocenters. The number of benzene rings is 2. The van der Waals surface area contributed by atoms with Gasteiger partial charge in [0.2, 0.25) is 0 Å². The van der Waals surface area contributed by atoms with E-state index in [0.29, 0.717) is 0 Å². The minimum atomic E-state index is -0.0129. The Hall–Kier alpha value is -0.960. The highest BCUT2D eigenvalue weighted by Gasteiger charge is 2.48. The molecule has 3 heteroatoms. The standard InChI is InChI=1S/C21H26ClNS/c1-20(2)18-11-5-6-12-19(18)21(24-20,13-8-14-23(3)4)16-9-7-10-17(22)15-16/h5-7,9-12,15H,8,13-14H2,1-4H3/t21-/m1/s1. The molecule has 0 aromatic heterocycles. The summed E-state index contributed by atoms with van der Waals surface area (Å²) >= 11 is 8.43. The first kappa shape index (κ1) is 17.8. The van der Waals surface area contributed by atoms with Crippen molar-refractivity contribution in [2.45, 2.75) is 36.2 Å². The van der Waals surface area contributed by atoms with Gasteiger partial charge in [0.15, 0.2) is 0 Å². The largest absolute Gasteiger partial charge is 0.309 e. The lowest BCUT2D eigenvalue weighted by atomic mass is 9.82. The molecule has 0 N–H and O–H groups in total. The van der Waals surface area contributed by atoms with E-state index in [4.69, 9.17) is 11.6 Å². The molecule has 0 radical (unpaired) electrons. The predicted molar refractivity (Wildman–Crippen MR) is 107 cm³/mol. The molecule has 0 saturated heterocycles. The summed E-state index contributed by atoms with van der Waals surface area (Å²) in [7, 11) is 4.29. The number of thioether (sulfide) groups is 1. The molecule has 1 nitrogen and oxygen atoms in total. The van der Waals surface area contributed by atoms with Gasteiger partial charge in [0.1, 0.15) is 0 Å². The first-order valence-corrected chi connectivity index (χ1v) is 9.75. The van der Waals surface area contributed by atoms with Crippen molar-refractivity contribution in [3.05, 3.63) is 70.2 Å². The maximum absolute atomic E-state index is 6.35. The van der Waals surface area contributed by atoms with Gasteiger partial charge in [-0.05, 0) is 76.2 Å². The summed E-state index contributed by atoms with van der Waals surface area (Å²) in [6.45, 7) is 5.79. The van der Waals surface area contributed by atoms with Crippen molar-refractivity contribution in [2.24, 2.45) is 0 Å². The fourth-order valence-corrected chi connectivity index (χ4v) is 5.96. The van der Waals surface area contributed by atoms with Crippen LogP contribution in [-0.2, 0) is 9.49 Å². The van der Waals surface area contributed by atoms with Crippen molar-refractivity contribution in [1.82, 2.24) is 4.90 Å². The van der Waals surface area contributed by atoms with Crippen molar-refractivity contribution in [3.63, 3.8) is 0 Å². The van der Waals surface area contributed by atoms with Gasteiger partial charge in [-0.2, -0.15) is 0 Å². The van der Waals surface area contributed by atoms with Gasteiger partial charge >= 0.3 is 0 Å². The Balaban J connectivity index is 2.10. The Morgan fingerprint density at radius 1 is 1.00 bits per heavy atom. The van der Waals surface area contributed by atoms with Gasteiger partial charge in [-0.1, -0.05) is 48.0 Å². The molecule has 0 amide bonds. The van der Waals surface area contributed by atoms with Crippen LogP contribution >= 0.6 is 23.4 Å². The molecule has 0 spiro atoms. The molecule has 2 aromatic rings. The minimum absolute atomic E-state index is 0.0129. The van der Waals surface area contributed by atoms with Crippen LogP contribution < -0.4 is 0 Å². The van der Waals surface area contributed by atoms with Crippen LogP contribution in [0.4, 0.5) is 0 Å². The molecule has 24 heavy (non-hydrogen) atoms. The predicted octanol–water partition coefficient (Wildman–Crippen LogP) is 5.91. The number of nitrogens with zero attached hydrogens (tertiary/aromatic N) is 1. The first-order valence-electron chi connectivity index (χ1n) is 8.56. The maximum Gasteiger partial charge on any atom is 0.0669 e. The van der Waals surface area contributed by atoms with Crippen LogP contribution in [0.15, 0.2) is 48.5 Å². The van der Waals surface area contributed by atoms with Crippen LogP contribution in [0.1, 0.15) is 43.4 Å². The van der Waals surface area contributed by atoms with Crippen LogP contribution in [0.25, 0.3) is 0 Å². The Bertz CT molecular complexity index is 725. The molecule has 1 heterocycles. The van der Waals surface area contributed by atoms with Crippen molar-refractivity contribution in [2.75, 3.05) is 20.6 Å². The quantitative estimate of drug-likeness (QED) is 0.653. The number of fused-ring (bicyclic) bond motifs is 1. The van der Waals surface area contributed by atoms with Gasteiger partial charge in [0.05, 0.1) is 4.75 Å². The van der Waals surface area contributed by atoms with E-state index >= 15 is 0 Å². The lowest BCUT2D eigenvalue weighted by molar-refractivity contribution is 0.386. The van der Waals surface area contributed by atoms with E-state index in [1.54, 1.807) is 0 Å². The molecule has 1 aliphatic rings. The van der Waals surface area contributed by atoms with Crippen LogP contribution in [0.2, 0.25) is 5.02 Å². The van der Waals surface area contributed by atoms with E-state index in [2.05, 4.69) is 87.1 Å². The second kappa shape index (κ2) is 6.74. The summed E-state index contributed by atoms with van der Waals surface area (Å²) < 4.78 is 0.0953. The average Bonchev–Trinajstić information content (AvgIpc) is 2.76. The van der Waals surface area contributed by atoms with Crippen molar-refractivity contribution < 1.29 is 0 Å². The molecule has 0 bridgehead atoms. The molecule has 0 aliphatic carbocycles. The number of hydrogen-bond donors (Lipinski definition) is 0. The van der Waals surface area contributed by atoms with E-state index in [9.17, 15) is 0 Å². The molecule has 2 aromatic carbocycles. The van der Waals surface area contributed by atoms with Crippen LogP contribution in [0, 0.1) is 0 Å². The maximum atomic E-state index is 6.35. The normalized spacial score (nSPS) is 21.9. The lowest BCUT2D eigenvalue weighted by Gasteiger charge is -2.33. The summed E-state index contributed by atoms with van der Waals surface area (Å²) in [4.78, 5) is 2.27. The third kappa shape index (κ3) is 3.24. The zero-order valence-electron chi connectivity index (χ0n) is 15.0. The number of hydrogen-bond acceptors (Lipinski definition) is 2. The van der Waals surface area contributed by atoms with E-state index in [1.165, 1.54) is 16.7 Å². The topological polar surface area (TPSA) is 3.24 Å². The highest BCUT2D eigenvalue weighted by molar-refractivity contribution is 8.01. The first-order chi connectivity index (χ1) is 11.3. The third-order valence-corrected chi connectivity index (χ3v) is 6.84. The van der Waals surface area contributed by atoms with E-state index in [-0.39, 0.29) is 9.49 Å². The molecule has 3 rings (SSSR count). The average molecular weight is 360 g/mol. The lowest BCUT2D eigenvalue weighted by Crippen LogP contribution is -2.24. The van der Waals surface area contributed by atoms with Crippen LogP contribution in [0.3, 0.4) is 0 Å². The summed E-state index contributed by atoms with van der Waals surface area (Å²) in [5.74, 6) is 0. The Labute approximate surface area is 155 Å². The second-order valence-electron chi connectivity index (χ2n) is 7.40. The van der Waals surface area contributed by atoms with Crippen molar-refractivity contribution in [3.8, 4) is 0 Å². The smallest absolute Gasteiger partial charge is 0.0669 e. The third-order valence-electron chi connectivity index (χ3n) is 4.87. The highest BCUT2D eigenvalue weighted by atomic mass is 35.5. The summed E-state index contributed by atoms with van der Waals surface area (Å²) in [5.41, 5.74) is 4.25. The molecule has 128 valence electrons. The van der Waals surface area contributed by atoms with Gasteiger partial charge in [0.25, 0.3) is 0 Å². The van der Waals surface area contributed by atoms with Crippen LogP contribution in [-0.4, -0.2) is 25.5 Å².